The van der Waals surface area contributed by atoms with Gasteiger partial charge in [0.15, 0.2) is 0 Å². The van der Waals surface area contributed by atoms with Crippen molar-refractivity contribution < 1.29 is 33.8 Å². The van der Waals surface area contributed by atoms with Crippen molar-refractivity contribution in [2.45, 2.75) is 64.2 Å². The van der Waals surface area contributed by atoms with Gasteiger partial charge in [-0.25, -0.2) is 9.59 Å². The van der Waals surface area contributed by atoms with Gasteiger partial charge < -0.3 is 25.2 Å². The summed E-state index contributed by atoms with van der Waals surface area (Å²) in [6.45, 7) is 4.70. The maximum Gasteiger partial charge on any atom is 0.340 e. The zero-order valence-electron chi connectivity index (χ0n) is 27.7. The number of carbonyl (C=O) groups is 4. The molecule has 258 valence electrons. The molecule has 7 unspecified atom stereocenters. The van der Waals surface area contributed by atoms with Crippen molar-refractivity contribution >= 4 is 45.3 Å². The topological polar surface area (TPSA) is 134 Å². The summed E-state index contributed by atoms with van der Waals surface area (Å²) in [6.07, 6.45) is 15.9. The molecule has 3 N–H and O–H groups in total. The predicted molar refractivity (Wildman–Crippen MR) is 185 cm³/mol. The minimum absolute atomic E-state index is 0.0329. The van der Waals surface area contributed by atoms with E-state index in [2.05, 4.69) is 23.6 Å². The monoisotopic (exact) mass is 703 g/mol. The van der Waals surface area contributed by atoms with Crippen LogP contribution < -0.4 is 10.6 Å². The molecule has 10 nitrogen and oxygen atoms in total. The van der Waals surface area contributed by atoms with E-state index < -0.39 is 22.7 Å². The predicted octanol–water partition coefficient (Wildman–Crippen LogP) is 4.90. The average Bonchev–Trinajstić information content (AvgIpc) is 3.72. The van der Waals surface area contributed by atoms with Crippen LogP contribution in [0.1, 0.15) is 58.8 Å². The second-order valence-corrected chi connectivity index (χ2v) is 16.7. The molecule has 7 bridgehead atoms. The molecule has 2 fully saturated rings. The van der Waals surface area contributed by atoms with Crippen LogP contribution in [0.3, 0.4) is 0 Å². The molecule has 12 heteroatoms. The lowest BCUT2D eigenvalue weighted by molar-refractivity contribution is -0.138. The van der Waals surface area contributed by atoms with Crippen LogP contribution in [-0.2, 0) is 28.7 Å². The second kappa shape index (κ2) is 12.7. The molecule has 1 saturated carbocycles. The Morgan fingerprint density at radius 1 is 1.08 bits per heavy atom. The van der Waals surface area contributed by atoms with Crippen LogP contribution in [0.15, 0.2) is 81.7 Å². The summed E-state index contributed by atoms with van der Waals surface area (Å²) in [6, 6.07) is 0. The Balaban J connectivity index is 1.36. The number of carbonyl (C=O) groups excluding carboxylic acids is 4. The summed E-state index contributed by atoms with van der Waals surface area (Å²) in [5.74, 6) is 0.165. The highest BCUT2D eigenvalue weighted by Crippen LogP contribution is 2.71. The molecule has 5 aliphatic heterocycles. The van der Waals surface area contributed by atoms with Crippen molar-refractivity contribution in [1.82, 2.24) is 15.5 Å². The first-order chi connectivity index (χ1) is 23.7. The van der Waals surface area contributed by atoms with Crippen LogP contribution in [-0.4, -0.2) is 58.2 Å². The highest BCUT2D eigenvalue weighted by atomic mass is 33.1. The number of ether oxygens (including phenoxy) is 2. The Morgan fingerprint density at radius 3 is 2.69 bits per heavy atom. The molecule has 9 aliphatic rings. The average molecular weight is 704 g/mol. The van der Waals surface area contributed by atoms with Crippen molar-refractivity contribution in [3.05, 3.63) is 81.7 Å². The van der Waals surface area contributed by atoms with E-state index in [0.717, 1.165) is 48.2 Å². The van der Waals surface area contributed by atoms with Crippen LogP contribution in [0.2, 0.25) is 0 Å². The van der Waals surface area contributed by atoms with E-state index >= 15 is 0 Å². The van der Waals surface area contributed by atoms with Crippen LogP contribution in [0.5, 0.6) is 0 Å². The lowest BCUT2D eigenvalue weighted by atomic mass is 9.43. The molecule has 4 aliphatic carbocycles. The van der Waals surface area contributed by atoms with Crippen LogP contribution in [0, 0.1) is 35.0 Å². The molecule has 1 spiro atoms. The number of esters is 2. The van der Waals surface area contributed by atoms with Gasteiger partial charge >= 0.3 is 11.9 Å². The maximum absolute atomic E-state index is 14.4. The fourth-order valence-corrected chi connectivity index (χ4v) is 11.6. The van der Waals surface area contributed by atoms with E-state index in [1.807, 2.05) is 25.2 Å². The number of amides is 2. The van der Waals surface area contributed by atoms with E-state index in [1.165, 1.54) is 38.6 Å². The number of cyclic esters (lactones) is 1. The smallest absolute Gasteiger partial charge is 0.340 e. The summed E-state index contributed by atoms with van der Waals surface area (Å²) < 4.78 is 12.3. The van der Waals surface area contributed by atoms with E-state index in [-0.39, 0.29) is 48.0 Å². The molecule has 0 radical (unpaired) electrons. The van der Waals surface area contributed by atoms with Crippen LogP contribution in [0.4, 0.5) is 0 Å². The summed E-state index contributed by atoms with van der Waals surface area (Å²) >= 11 is 0. The lowest BCUT2D eigenvalue weighted by Crippen LogP contribution is -2.54. The Hall–Kier alpha value is -3.48. The number of hydrogen-bond acceptors (Lipinski definition) is 11. The Kier molecular flexibility index (Phi) is 8.47. The van der Waals surface area contributed by atoms with Gasteiger partial charge in [-0.1, -0.05) is 47.9 Å². The molecular weight excluding hydrogens is 663 g/mol. The third-order valence-electron chi connectivity index (χ3n) is 11.6. The van der Waals surface area contributed by atoms with Gasteiger partial charge in [0.1, 0.15) is 17.0 Å². The summed E-state index contributed by atoms with van der Waals surface area (Å²) in [4.78, 5) is 55.7. The number of nitrogens with zero attached hydrogens (tertiary/aromatic N) is 1. The van der Waals surface area contributed by atoms with Gasteiger partial charge in [-0.15, -0.1) is 0 Å². The summed E-state index contributed by atoms with van der Waals surface area (Å²) in [5, 5.41) is 17.8. The quantitative estimate of drug-likeness (QED) is 0.210. The number of unbranched alkanes of at least 4 members (excludes halogenated alkanes) is 1. The lowest BCUT2D eigenvalue weighted by Gasteiger charge is -2.57. The van der Waals surface area contributed by atoms with Gasteiger partial charge in [0.05, 0.1) is 22.7 Å². The summed E-state index contributed by atoms with van der Waals surface area (Å²) in [5.41, 5.74) is 2.51. The van der Waals surface area contributed by atoms with Crippen LogP contribution in [0.25, 0.3) is 0 Å². The Morgan fingerprint density at radius 2 is 1.90 bits per heavy atom. The first kappa shape index (κ1) is 32.7. The first-order valence-electron chi connectivity index (χ1n) is 17.4. The Labute approximate surface area is 293 Å². The number of aliphatic hydroxyl groups excluding tert-OH is 1. The molecule has 9 rings (SSSR count). The van der Waals surface area contributed by atoms with Gasteiger partial charge in [-0.2, -0.15) is 0 Å². The molecule has 0 aromatic heterocycles. The first-order valence-corrected chi connectivity index (χ1v) is 19.8. The van der Waals surface area contributed by atoms with Crippen molar-refractivity contribution in [3.8, 4) is 0 Å². The molecule has 0 aromatic carbocycles. The third kappa shape index (κ3) is 5.19. The summed E-state index contributed by atoms with van der Waals surface area (Å²) in [7, 11) is 2.91. The number of fused-ring (bicyclic) bond motifs is 2. The highest BCUT2D eigenvalue weighted by Gasteiger charge is 2.69. The molecule has 5 heterocycles. The third-order valence-corrected chi connectivity index (χ3v) is 14.1. The number of imide groups is 1. The van der Waals surface area contributed by atoms with Crippen molar-refractivity contribution in [3.63, 3.8) is 0 Å². The van der Waals surface area contributed by atoms with Crippen molar-refractivity contribution in [2.75, 3.05) is 19.0 Å². The number of nitrogens with one attached hydrogen (secondary N) is 2. The number of hydrogen-bond donors (Lipinski definition) is 3. The second-order valence-electron chi connectivity index (χ2n) is 14.2. The number of dihydropyridines is 1. The number of allylic oxidation sites excluding steroid dienone is 5. The molecule has 0 aromatic rings. The van der Waals surface area contributed by atoms with E-state index in [4.69, 9.17) is 9.47 Å². The molecule has 1 saturated heterocycles. The zero-order valence-corrected chi connectivity index (χ0v) is 29.3. The fourth-order valence-electron chi connectivity index (χ4n) is 9.49. The molecule has 2 amide bonds. The number of aliphatic hydroxyl groups is 1. The van der Waals surface area contributed by atoms with Gasteiger partial charge in [-0.3, -0.25) is 14.5 Å². The van der Waals surface area contributed by atoms with E-state index in [1.54, 1.807) is 0 Å². The van der Waals surface area contributed by atoms with E-state index in [9.17, 15) is 24.3 Å². The number of rotatable bonds is 4. The maximum atomic E-state index is 14.4. The van der Waals surface area contributed by atoms with Crippen molar-refractivity contribution in [1.29, 1.82) is 0 Å². The molecule has 49 heavy (non-hydrogen) atoms. The standard InChI is InChI=1S/C37H41N3O7S2/c1-3-4-5-25-23-8-7-22-21-12-14-37(32(22)31(23)34(43)46-25)26-9-6-19(2)36(45)49-48-18-39-27-16-20(13-15-38-27)24(30(21)33(37)35(44)47-26)17-40-28(41)10-11-29(40)42/h5,9-11,13,16,19,21-22,24,32,36,38-39,45H,3-4,6-8,12,14-15,17-18H2,1-2H3. The molecular formula is C37H41N3O7S2. The van der Waals surface area contributed by atoms with Crippen LogP contribution >= 0.6 is 21.6 Å². The van der Waals surface area contributed by atoms with Gasteiger partial charge in [0.25, 0.3) is 11.8 Å². The van der Waals surface area contributed by atoms with E-state index in [0.29, 0.717) is 54.3 Å². The normalized spacial score (nSPS) is 36.2. The van der Waals surface area contributed by atoms with Gasteiger partial charge in [0, 0.05) is 48.2 Å². The fraction of sp³-hybridized carbons (Fsp3) is 0.514. The van der Waals surface area contributed by atoms with Gasteiger partial charge in [-0.05, 0) is 85.7 Å². The Bertz CT molecular complexity index is 1740. The van der Waals surface area contributed by atoms with Gasteiger partial charge in [0.2, 0.25) is 0 Å². The van der Waals surface area contributed by atoms with Crippen molar-refractivity contribution in [2.24, 2.45) is 35.0 Å². The zero-order chi connectivity index (χ0) is 34.0. The largest absolute Gasteiger partial charge is 0.427 e. The molecule has 7 atom stereocenters. The SMILES string of the molecule is CCCC=C1OC(=O)C2=C1CCC1C3CCC4(C5=CCC(C)C(O)SSCNC6=CC(=CCN6)C(CN6C(=O)C=CC6=O)C3=C4C(=O)O5)C21. The minimum atomic E-state index is -0.899. The highest BCUT2D eigenvalue weighted by molar-refractivity contribution is 8.76. The minimum Gasteiger partial charge on any atom is -0.427 e.